The van der Waals surface area contributed by atoms with Crippen LogP contribution < -0.4 is 0 Å². The van der Waals surface area contributed by atoms with Crippen LogP contribution in [0.3, 0.4) is 0 Å². The van der Waals surface area contributed by atoms with Gasteiger partial charge in [0, 0.05) is 38.1 Å². The highest BCUT2D eigenvalue weighted by atomic mass is 35.5. The zero-order chi connectivity index (χ0) is 19.0. The van der Waals surface area contributed by atoms with E-state index in [1.54, 1.807) is 9.80 Å². The highest BCUT2D eigenvalue weighted by molar-refractivity contribution is 6.30. The summed E-state index contributed by atoms with van der Waals surface area (Å²) in [6.45, 7) is 1.69. The molecule has 4 rings (SSSR count). The van der Waals surface area contributed by atoms with Crippen LogP contribution in [0.15, 0.2) is 54.6 Å². The predicted octanol–water partition coefficient (Wildman–Crippen LogP) is 3.03. The van der Waals surface area contributed by atoms with E-state index in [1.807, 2.05) is 66.5 Å². The van der Waals surface area contributed by atoms with Crippen LogP contribution in [0.4, 0.5) is 4.79 Å². The maximum absolute atomic E-state index is 13.1. The second kappa shape index (κ2) is 7.24. The summed E-state index contributed by atoms with van der Waals surface area (Å²) in [5.41, 5.74) is 2.06. The lowest BCUT2D eigenvalue weighted by atomic mass is 9.99. The summed E-state index contributed by atoms with van der Waals surface area (Å²) in [4.78, 5) is 31.3. The Bertz CT molecular complexity index is 858. The van der Waals surface area contributed by atoms with Crippen molar-refractivity contribution in [2.75, 3.05) is 20.1 Å². The van der Waals surface area contributed by atoms with Crippen LogP contribution in [0.2, 0.25) is 5.02 Å². The average Bonchev–Trinajstić information content (AvgIpc) is 2.95. The van der Waals surface area contributed by atoms with Crippen molar-refractivity contribution in [2.24, 2.45) is 0 Å². The Morgan fingerprint density at radius 1 is 1.00 bits per heavy atom. The average molecular weight is 384 g/mol. The SMILES string of the molecule is CN1C[C@H]2CN(Cc3cccc(Cl)c3)C(=O)N2[C@@H](Cc2ccccc2)C1=O. The van der Waals surface area contributed by atoms with Crippen molar-refractivity contribution >= 4 is 23.5 Å². The standard InChI is InChI=1S/C21H22ClN3O2/c1-23-13-18-14-24(12-16-8-5-9-17(22)10-16)21(27)25(18)19(20(23)26)11-15-6-3-2-4-7-15/h2-10,18-19H,11-14H2,1H3/t18-,19-/m0/s1. The van der Waals surface area contributed by atoms with Crippen molar-refractivity contribution in [3.05, 3.63) is 70.7 Å². The quantitative estimate of drug-likeness (QED) is 0.814. The van der Waals surface area contributed by atoms with Crippen LogP contribution in [0, 0.1) is 0 Å². The number of benzene rings is 2. The van der Waals surface area contributed by atoms with Crippen molar-refractivity contribution in [3.63, 3.8) is 0 Å². The van der Waals surface area contributed by atoms with Gasteiger partial charge in [0.05, 0.1) is 6.04 Å². The van der Waals surface area contributed by atoms with Crippen molar-refractivity contribution < 1.29 is 9.59 Å². The number of rotatable bonds is 4. The Balaban J connectivity index is 1.57. The van der Waals surface area contributed by atoms with Gasteiger partial charge in [-0.2, -0.15) is 0 Å². The van der Waals surface area contributed by atoms with Gasteiger partial charge in [0.25, 0.3) is 0 Å². The Labute approximate surface area is 164 Å². The van der Waals surface area contributed by atoms with E-state index in [4.69, 9.17) is 11.6 Å². The third-order valence-electron chi connectivity index (χ3n) is 5.33. The third kappa shape index (κ3) is 3.52. The molecule has 2 aliphatic heterocycles. The molecule has 0 aliphatic carbocycles. The highest BCUT2D eigenvalue weighted by Gasteiger charge is 2.48. The van der Waals surface area contributed by atoms with Gasteiger partial charge in [-0.25, -0.2) is 4.79 Å². The zero-order valence-corrected chi connectivity index (χ0v) is 16.0. The third-order valence-corrected chi connectivity index (χ3v) is 5.57. The molecule has 6 heteroatoms. The van der Waals surface area contributed by atoms with Gasteiger partial charge in [-0.3, -0.25) is 4.79 Å². The topological polar surface area (TPSA) is 43.9 Å². The molecule has 2 aromatic rings. The van der Waals surface area contributed by atoms with Crippen LogP contribution in [-0.4, -0.2) is 58.9 Å². The van der Waals surface area contributed by atoms with E-state index < -0.39 is 6.04 Å². The number of carbonyl (C=O) groups excluding carboxylic acids is 2. The first-order valence-electron chi connectivity index (χ1n) is 9.13. The molecular weight excluding hydrogens is 362 g/mol. The Kier molecular flexibility index (Phi) is 4.79. The molecule has 0 unspecified atom stereocenters. The van der Waals surface area contributed by atoms with Gasteiger partial charge in [-0.1, -0.05) is 54.1 Å². The number of fused-ring (bicyclic) bond motifs is 1. The van der Waals surface area contributed by atoms with E-state index in [1.165, 1.54) is 0 Å². The van der Waals surface area contributed by atoms with Crippen LogP contribution >= 0.6 is 11.6 Å². The molecule has 2 saturated heterocycles. The second-order valence-electron chi connectivity index (χ2n) is 7.28. The molecule has 2 aliphatic rings. The van der Waals surface area contributed by atoms with Crippen molar-refractivity contribution in [1.82, 2.24) is 14.7 Å². The summed E-state index contributed by atoms with van der Waals surface area (Å²) in [6, 6.07) is 16.9. The summed E-state index contributed by atoms with van der Waals surface area (Å²) in [5, 5.41) is 0.661. The van der Waals surface area contributed by atoms with Crippen LogP contribution in [0.25, 0.3) is 0 Å². The van der Waals surface area contributed by atoms with Crippen molar-refractivity contribution in [1.29, 1.82) is 0 Å². The van der Waals surface area contributed by atoms with Crippen LogP contribution in [0.1, 0.15) is 11.1 Å². The smallest absolute Gasteiger partial charge is 0.321 e. The fourth-order valence-electron chi connectivity index (χ4n) is 4.06. The molecule has 3 amide bonds. The van der Waals surface area contributed by atoms with E-state index in [0.29, 0.717) is 31.1 Å². The normalized spacial score (nSPS) is 22.4. The van der Waals surface area contributed by atoms with Gasteiger partial charge in [-0.15, -0.1) is 0 Å². The lowest BCUT2D eigenvalue weighted by Crippen LogP contribution is -2.60. The molecule has 140 valence electrons. The first-order valence-corrected chi connectivity index (χ1v) is 9.51. The van der Waals surface area contributed by atoms with E-state index in [2.05, 4.69) is 0 Å². The number of halogens is 1. The summed E-state index contributed by atoms with van der Waals surface area (Å²) in [5.74, 6) is 0.00746. The molecular formula is C21H22ClN3O2. The predicted molar refractivity (Wildman–Crippen MR) is 104 cm³/mol. The molecule has 0 N–H and O–H groups in total. The van der Waals surface area contributed by atoms with E-state index in [9.17, 15) is 9.59 Å². The van der Waals surface area contributed by atoms with Gasteiger partial charge < -0.3 is 14.7 Å². The molecule has 0 aromatic heterocycles. The molecule has 27 heavy (non-hydrogen) atoms. The largest absolute Gasteiger partial charge is 0.342 e. The number of carbonyl (C=O) groups is 2. The maximum Gasteiger partial charge on any atom is 0.321 e. The molecule has 0 saturated carbocycles. The minimum atomic E-state index is -0.451. The summed E-state index contributed by atoms with van der Waals surface area (Å²) in [7, 11) is 1.82. The summed E-state index contributed by atoms with van der Waals surface area (Å²) < 4.78 is 0. The Morgan fingerprint density at radius 3 is 2.48 bits per heavy atom. The number of hydrogen-bond acceptors (Lipinski definition) is 2. The van der Waals surface area contributed by atoms with E-state index in [0.717, 1.165) is 11.1 Å². The summed E-state index contributed by atoms with van der Waals surface area (Å²) in [6.07, 6.45) is 0.539. The zero-order valence-electron chi connectivity index (χ0n) is 15.2. The van der Waals surface area contributed by atoms with E-state index in [-0.39, 0.29) is 18.0 Å². The fourth-order valence-corrected chi connectivity index (χ4v) is 4.28. The molecule has 2 fully saturated rings. The second-order valence-corrected chi connectivity index (χ2v) is 7.71. The van der Waals surface area contributed by atoms with Gasteiger partial charge in [-0.05, 0) is 23.3 Å². The maximum atomic E-state index is 13.1. The minimum Gasteiger partial charge on any atom is -0.342 e. The molecule has 2 atom stereocenters. The Morgan fingerprint density at radius 2 is 1.74 bits per heavy atom. The van der Waals surface area contributed by atoms with E-state index >= 15 is 0 Å². The number of nitrogens with zero attached hydrogens (tertiary/aromatic N) is 3. The van der Waals surface area contributed by atoms with Crippen molar-refractivity contribution in [2.45, 2.75) is 25.0 Å². The number of amides is 3. The van der Waals surface area contributed by atoms with Gasteiger partial charge in [0.2, 0.25) is 5.91 Å². The van der Waals surface area contributed by atoms with Crippen LogP contribution in [0.5, 0.6) is 0 Å². The number of urea groups is 1. The molecule has 5 nitrogen and oxygen atoms in total. The number of likely N-dealkylation sites (N-methyl/N-ethyl adjacent to an activating group) is 1. The van der Waals surface area contributed by atoms with Gasteiger partial charge in [0.15, 0.2) is 0 Å². The summed E-state index contributed by atoms with van der Waals surface area (Å²) >= 11 is 6.08. The fraction of sp³-hybridized carbons (Fsp3) is 0.333. The number of piperazine rings is 1. The Hall–Kier alpha value is -2.53. The van der Waals surface area contributed by atoms with Crippen molar-refractivity contribution in [3.8, 4) is 0 Å². The molecule has 0 radical (unpaired) electrons. The first-order chi connectivity index (χ1) is 13.0. The monoisotopic (exact) mass is 383 g/mol. The molecule has 2 aromatic carbocycles. The highest BCUT2D eigenvalue weighted by Crippen LogP contribution is 2.28. The lowest BCUT2D eigenvalue weighted by Gasteiger charge is -2.40. The minimum absolute atomic E-state index is 0.00746. The molecule has 0 spiro atoms. The van der Waals surface area contributed by atoms with Crippen LogP contribution in [-0.2, 0) is 17.8 Å². The molecule has 0 bridgehead atoms. The van der Waals surface area contributed by atoms with Gasteiger partial charge in [0.1, 0.15) is 6.04 Å². The molecule has 2 heterocycles. The first kappa shape index (κ1) is 17.9. The lowest BCUT2D eigenvalue weighted by molar-refractivity contribution is -0.139. The number of hydrogen-bond donors (Lipinski definition) is 0. The van der Waals surface area contributed by atoms with Gasteiger partial charge >= 0.3 is 6.03 Å².